The van der Waals surface area contributed by atoms with Crippen LogP contribution < -0.4 is 16.4 Å². The van der Waals surface area contributed by atoms with Crippen molar-refractivity contribution in [2.75, 3.05) is 25.1 Å². The van der Waals surface area contributed by atoms with Crippen molar-refractivity contribution < 1.29 is 14.3 Å². The zero-order chi connectivity index (χ0) is 15.3. The molecule has 114 valence electrons. The van der Waals surface area contributed by atoms with Crippen molar-refractivity contribution in [2.24, 2.45) is 5.73 Å². The highest BCUT2D eigenvalue weighted by atomic mass is 16.5. The van der Waals surface area contributed by atoms with E-state index < -0.39 is 5.54 Å². The maximum absolute atomic E-state index is 12.2. The minimum absolute atomic E-state index is 0.153. The van der Waals surface area contributed by atoms with Crippen molar-refractivity contribution in [2.45, 2.75) is 25.3 Å². The smallest absolute Gasteiger partial charge is 0.251 e. The van der Waals surface area contributed by atoms with Crippen molar-refractivity contribution in [3.05, 3.63) is 29.8 Å². The molecule has 1 saturated heterocycles. The number of nitrogens with two attached hydrogens (primary N) is 1. The third kappa shape index (κ3) is 3.80. The number of carbonyl (C=O) groups excluding carboxylic acids is 2. The van der Waals surface area contributed by atoms with Gasteiger partial charge in [0.05, 0.1) is 6.61 Å². The van der Waals surface area contributed by atoms with E-state index in [4.69, 9.17) is 10.5 Å². The second-order valence-corrected chi connectivity index (χ2v) is 5.25. The number of hydrogen-bond acceptors (Lipinski definition) is 4. The van der Waals surface area contributed by atoms with Gasteiger partial charge in [-0.05, 0) is 31.0 Å². The van der Waals surface area contributed by atoms with Gasteiger partial charge in [-0.25, -0.2) is 0 Å². The van der Waals surface area contributed by atoms with Crippen LogP contribution in [0, 0.1) is 0 Å². The summed E-state index contributed by atoms with van der Waals surface area (Å²) in [5, 5.41) is 5.55. The Balaban J connectivity index is 2.04. The fraction of sp³-hybridized carbons (Fsp3) is 0.467. The molecule has 2 rings (SSSR count). The zero-order valence-corrected chi connectivity index (χ0v) is 12.1. The largest absolute Gasteiger partial charge is 0.379 e. The Labute approximate surface area is 124 Å². The number of benzene rings is 1. The third-order valence-electron chi connectivity index (χ3n) is 3.42. The number of ether oxygens (including phenoxy) is 1. The SMILES string of the molecule is CCCNC(=O)c1cccc(NC(=O)C2(N)CCOC2)c1. The first-order valence-corrected chi connectivity index (χ1v) is 7.11. The van der Waals surface area contributed by atoms with Gasteiger partial charge in [0.15, 0.2) is 0 Å². The number of rotatable bonds is 5. The van der Waals surface area contributed by atoms with E-state index in [1.54, 1.807) is 24.3 Å². The van der Waals surface area contributed by atoms with Gasteiger partial charge in [-0.1, -0.05) is 13.0 Å². The molecule has 1 aliphatic heterocycles. The number of nitrogens with one attached hydrogen (secondary N) is 2. The summed E-state index contributed by atoms with van der Waals surface area (Å²) in [6, 6.07) is 6.80. The van der Waals surface area contributed by atoms with Gasteiger partial charge in [-0.15, -0.1) is 0 Å². The van der Waals surface area contributed by atoms with Crippen LogP contribution in [0.4, 0.5) is 5.69 Å². The van der Waals surface area contributed by atoms with Crippen molar-refractivity contribution in [3.63, 3.8) is 0 Å². The molecule has 6 heteroatoms. The quantitative estimate of drug-likeness (QED) is 0.751. The van der Waals surface area contributed by atoms with Crippen LogP contribution in [0.3, 0.4) is 0 Å². The lowest BCUT2D eigenvalue weighted by molar-refractivity contribution is -0.121. The van der Waals surface area contributed by atoms with Crippen LogP contribution >= 0.6 is 0 Å². The Morgan fingerprint density at radius 1 is 1.43 bits per heavy atom. The molecule has 1 heterocycles. The van der Waals surface area contributed by atoms with E-state index in [0.29, 0.717) is 30.8 Å². The lowest BCUT2D eigenvalue weighted by Crippen LogP contribution is -2.51. The Kier molecular flexibility index (Phi) is 4.93. The molecule has 0 bridgehead atoms. The van der Waals surface area contributed by atoms with Crippen molar-refractivity contribution in [1.82, 2.24) is 5.32 Å². The molecule has 2 amide bonds. The van der Waals surface area contributed by atoms with E-state index in [1.807, 2.05) is 6.92 Å². The molecule has 1 fully saturated rings. The molecule has 1 aromatic carbocycles. The predicted molar refractivity (Wildman–Crippen MR) is 80.1 cm³/mol. The first-order valence-electron chi connectivity index (χ1n) is 7.11. The van der Waals surface area contributed by atoms with Crippen LogP contribution in [0.25, 0.3) is 0 Å². The Bertz CT molecular complexity index is 525. The summed E-state index contributed by atoms with van der Waals surface area (Å²) in [5.41, 5.74) is 6.08. The molecular formula is C15H21N3O3. The first kappa shape index (κ1) is 15.5. The monoisotopic (exact) mass is 291 g/mol. The molecule has 0 spiro atoms. The fourth-order valence-corrected chi connectivity index (χ4v) is 2.09. The highest BCUT2D eigenvalue weighted by Gasteiger charge is 2.38. The molecule has 21 heavy (non-hydrogen) atoms. The van der Waals surface area contributed by atoms with Gasteiger partial charge in [0.25, 0.3) is 5.91 Å². The van der Waals surface area contributed by atoms with E-state index in [9.17, 15) is 9.59 Å². The lowest BCUT2D eigenvalue weighted by atomic mass is 9.99. The van der Waals surface area contributed by atoms with Gasteiger partial charge in [-0.2, -0.15) is 0 Å². The molecule has 1 atom stereocenters. The molecule has 1 aliphatic rings. The zero-order valence-electron chi connectivity index (χ0n) is 12.1. The molecule has 0 radical (unpaired) electrons. The Morgan fingerprint density at radius 2 is 2.24 bits per heavy atom. The highest BCUT2D eigenvalue weighted by Crippen LogP contribution is 2.19. The normalized spacial score (nSPS) is 21.0. The molecule has 1 aromatic rings. The van der Waals surface area contributed by atoms with Crippen LogP contribution in [-0.4, -0.2) is 37.1 Å². The second kappa shape index (κ2) is 6.69. The van der Waals surface area contributed by atoms with E-state index in [2.05, 4.69) is 10.6 Å². The summed E-state index contributed by atoms with van der Waals surface area (Å²) >= 11 is 0. The molecule has 6 nitrogen and oxygen atoms in total. The lowest BCUT2D eigenvalue weighted by Gasteiger charge is -2.20. The molecule has 4 N–H and O–H groups in total. The number of hydrogen-bond donors (Lipinski definition) is 3. The van der Waals surface area contributed by atoms with Crippen LogP contribution in [0.5, 0.6) is 0 Å². The van der Waals surface area contributed by atoms with Gasteiger partial charge in [-0.3, -0.25) is 9.59 Å². The topological polar surface area (TPSA) is 93.5 Å². The number of anilines is 1. The van der Waals surface area contributed by atoms with Crippen LogP contribution in [0.1, 0.15) is 30.1 Å². The van der Waals surface area contributed by atoms with Crippen molar-refractivity contribution in [3.8, 4) is 0 Å². The van der Waals surface area contributed by atoms with E-state index in [1.165, 1.54) is 0 Å². The maximum atomic E-state index is 12.2. The molecule has 1 unspecified atom stereocenters. The summed E-state index contributed by atoms with van der Waals surface area (Å²) in [4.78, 5) is 24.1. The summed E-state index contributed by atoms with van der Waals surface area (Å²) in [7, 11) is 0. The van der Waals surface area contributed by atoms with E-state index in [0.717, 1.165) is 6.42 Å². The van der Waals surface area contributed by atoms with Gasteiger partial charge in [0, 0.05) is 24.4 Å². The van der Waals surface area contributed by atoms with Gasteiger partial charge >= 0.3 is 0 Å². The summed E-state index contributed by atoms with van der Waals surface area (Å²) in [5.74, 6) is -0.439. The minimum Gasteiger partial charge on any atom is -0.379 e. The minimum atomic E-state index is -0.986. The van der Waals surface area contributed by atoms with Crippen LogP contribution in [0.15, 0.2) is 24.3 Å². The van der Waals surface area contributed by atoms with Crippen molar-refractivity contribution >= 4 is 17.5 Å². The third-order valence-corrected chi connectivity index (χ3v) is 3.42. The number of carbonyl (C=O) groups is 2. The van der Waals surface area contributed by atoms with E-state index in [-0.39, 0.29) is 18.4 Å². The summed E-state index contributed by atoms with van der Waals surface area (Å²) in [6.45, 7) is 3.32. The molecular weight excluding hydrogens is 270 g/mol. The number of amides is 2. The van der Waals surface area contributed by atoms with Gasteiger partial charge < -0.3 is 21.1 Å². The Hall–Kier alpha value is -1.92. The fourth-order valence-electron chi connectivity index (χ4n) is 2.09. The van der Waals surface area contributed by atoms with Crippen LogP contribution in [0.2, 0.25) is 0 Å². The average Bonchev–Trinajstić information content (AvgIpc) is 2.93. The predicted octanol–water partition coefficient (Wildman–Crippen LogP) is 0.883. The highest BCUT2D eigenvalue weighted by molar-refractivity contribution is 6.00. The van der Waals surface area contributed by atoms with Gasteiger partial charge in [0.2, 0.25) is 5.91 Å². The Morgan fingerprint density at radius 3 is 2.90 bits per heavy atom. The van der Waals surface area contributed by atoms with Crippen molar-refractivity contribution in [1.29, 1.82) is 0 Å². The van der Waals surface area contributed by atoms with Crippen LogP contribution in [-0.2, 0) is 9.53 Å². The summed E-state index contributed by atoms with van der Waals surface area (Å²) < 4.78 is 5.18. The molecule has 0 aromatic heterocycles. The molecule has 0 saturated carbocycles. The standard InChI is InChI=1S/C15H21N3O3/c1-2-7-17-13(19)11-4-3-5-12(9-11)18-14(20)15(16)6-8-21-10-15/h3-5,9H,2,6-8,10,16H2,1H3,(H,17,19)(H,18,20). The second-order valence-electron chi connectivity index (χ2n) is 5.25. The van der Waals surface area contributed by atoms with Gasteiger partial charge in [0.1, 0.15) is 5.54 Å². The first-order chi connectivity index (χ1) is 10.0. The van der Waals surface area contributed by atoms with E-state index >= 15 is 0 Å². The maximum Gasteiger partial charge on any atom is 0.251 e. The summed E-state index contributed by atoms with van der Waals surface area (Å²) in [6.07, 6.45) is 1.37. The molecule has 0 aliphatic carbocycles. The average molecular weight is 291 g/mol.